The molecule has 0 amide bonds. The average molecular weight is 676 g/mol. The second kappa shape index (κ2) is 11.8. The molecule has 0 N–H and O–H groups in total. The van der Waals surface area contributed by atoms with Crippen LogP contribution in [0.1, 0.15) is 17.7 Å². The molecule has 7 aromatic carbocycles. The van der Waals surface area contributed by atoms with Gasteiger partial charge in [0, 0.05) is 49.4 Å². The zero-order chi connectivity index (χ0) is 34.9. The Morgan fingerprint density at radius 2 is 0.962 bits per heavy atom. The Kier molecular flexibility index (Phi) is 6.62. The summed E-state index contributed by atoms with van der Waals surface area (Å²) in [5.41, 5.74) is 13.9. The van der Waals surface area contributed by atoms with Crippen LogP contribution in [0.4, 0.5) is 0 Å². The number of allylic oxidation sites excluding steroid dienone is 2. The summed E-state index contributed by atoms with van der Waals surface area (Å²) in [7, 11) is 0. The molecule has 248 valence electrons. The number of pyridine rings is 1. The minimum absolute atomic E-state index is 0.933. The summed E-state index contributed by atoms with van der Waals surface area (Å²) in [4.78, 5) is 5.39. The maximum Gasteiger partial charge on any atom is 0.0788 e. The van der Waals surface area contributed by atoms with E-state index in [2.05, 4.69) is 197 Å². The van der Waals surface area contributed by atoms with Crippen molar-refractivity contribution in [3.8, 4) is 33.8 Å². The standard InChI is InChI=1S/C50H33N3/c1-4-14-36(15-5-1)52-46-22-9-3-8-19-39(46)43-31-34(25-28-48(43)52)33-24-27-45-42(30-33)38-18-10-11-21-41(38)50(51-45)35-26-29-49-44(32-35)40-20-12-13-23-47(40)53(49)37-16-6-2-7-17-37/h1-2,4-32H,3H2. The summed E-state index contributed by atoms with van der Waals surface area (Å²) in [6.07, 6.45) is 10.00. The molecule has 3 nitrogen and oxygen atoms in total. The van der Waals surface area contributed by atoms with Crippen LogP contribution in [0, 0.1) is 0 Å². The molecule has 3 heteroatoms. The van der Waals surface area contributed by atoms with Crippen LogP contribution in [0.15, 0.2) is 176 Å². The molecule has 0 spiro atoms. The number of para-hydroxylation sites is 3. The van der Waals surface area contributed by atoms with Crippen molar-refractivity contribution in [1.82, 2.24) is 14.1 Å². The van der Waals surface area contributed by atoms with Crippen molar-refractivity contribution in [2.75, 3.05) is 0 Å². The van der Waals surface area contributed by atoms with E-state index >= 15 is 0 Å². The fourth-order valence-corrected chi connectivity index (χ4v) is 8.48. The van der Waals surface area contributed by atoms with Crippen LogP contribution < -0.4 is 0 Å². The number of hydrogen-bond acceptors (Lipinski definition) is 1. The lowest BCUT2D eigenvalue weighted by molar-refractivity contribution is 1.10. The van der Waals surface area contributed by atoms with Crippen molar-refractivity contribution in [3.63, 3.8) is 0 Å². The zero-order valence-electron chi connectivity index (χ0n) is 28.9. The van der Waals surface area contributed by atoms with Crippen molar-refractivity contribution >= 4 is 66.5 Å². The molecule has 0 unspecified atom stereocenters. The summed E-state index contributed by atoms with van der Waals surface area (Å²) in [6.45, 7) is 0. The highest BCUT2D eigenvalue weighted by Gasteiger charge is 2.19. The SMILES string of the molecule is C1=Cc2c(n(-c3ccccc3)c3ccc(-c4ccc5nc(-c6ccc7c(c6)c6ccccc6n7-c6ccccc6)c6ccccc6c5c4)cc23)C=CC1. The minimum atomic E-state index is 0.933. The molecule has 0 atom stereocenters. The number of nitrogens with zero attached hydrogens (tertiary/aromatic N) is 3. The quantitative estimate of drug-likeness (QED) is 0.170. The van der Waals surface area contributed by atoms with Gasteiger partial charge in [0.1, 0.15) is 0 Å². The summed E-state index contributed by atoms with van der Waals surface area (Å²) >= 11 is 0. The topological polar surface area (TPSA) is 22.8 Å². The summed E-state index contributed by atoms with van der Waals surface area (Å²) < 4.78 is 4.75. The van der Waals surface area contributed by atoms with Crippen LogP contribution >= 0.6 is 0 Å². The molecule has 1 aliphatic rings. The molecule has 0 radical (unpaired) electrons. The van der Waals surface area contributed by atoms with Crippen LogP contribution in [-0.2, 0) is 0 Å². The summed E-state index contributed by atoms with van der Waals surface area (Å²) in [5.74, 6) is 0. The van der Waals surface area contributed by atoms with Crippen LogP contribution in [0.5, 0.6) is 0 Å². The van der Waals surface area contributed by atoms with Crippen molar-refractivity contribution in [3.05, 3.63) is 187 Å². The predicted molar refractivity (Wildman–Crippen MR) is 224 cm³/mol. The normalized spacial score (nSPS) is 12.7. The van der Waals surface area contributed by atoms with Gasteiger partial charge in [0.15, 0.2) is 0 Å². The zero-order valence-corrected chi connectivity index (χ0v) is 28.9. The fraction of sp³-hybridized carbons (Fsp3) is 0.0200. The van der Waals surface area contributed by atoms with Gasteiger partial charge >= 0.3 is 0 Å². The Balaban J connectivity index is 1.07. The maximum atomic E-state index is 5.39. The van der Waals surface area contributed by atoms with Crippen LogP contribution in [-0.4, -0.2) is 14.1 Å². The van der Waals surface area contributed by atoms with Gasteiger partial charge in [-0.05, 0) is 95.7 Å². The highest BCUT2D eigenvalue weighted by molar-refractivity contribution is 6.14. The Labute approximate surface area is 307 Å². The van der Waals surface area contributed by atoms with Crippen molar-refractivity contribution < 1.29 is 0 Å². The van der Waals surface area contributed by atoms with E-state index in [1.54, 1.807) is 0 Å². The van der Waals surface area contributed by atoms with E-state index in [9.17, 15) is 0 Å². The number of aromatic nitrogens is 3. The highest BCUT2D eigenvalue weighted by atomic mass is 15.0. The van der Waals surface area contributed by atoms with E-state index in [4.69, 9.17) is 4.98 Å². The monoisotopic (exact) mass is 675 g/mol. The Hall–Kier alpha value is -6.97. The molecule has 3 heterocycles. The second-order valence-corrected chi connectivity index (χ2v) is 13.9. The maximum absolute atomic E-state index is 5.39. The third-order valence-corrected chi connectivity index (χ3v) is 10.9. The van der Waals surface area contributed by atoms with Gasteiger partial charge in [0.25, 0.3) is 0 Å². The molecule has 3 aromatic heterocycles. The molecular weight excluding hydrogens is 643 g/mol. The van der Waals surface area contributed by atoms with E-state index in [0.29, 0.717) is 0 Å². The van der Waals surface area contributed by atoms with E-state index in [1.807, 2.05) is 0 Å². The van der Waals surface area contributed by atoms with Crippen LogP contribution in [0.3, 0.4) is 0 Å². The van der Waals surface area contributed by atoms with E-state index in [0.717, 1.165) is 39.7 Å². The first-order valence-electron chi connectivity index (χ1n) is 18.3. The molecule has 0 saturated heterocycles. The van der Waals surface area contributed by atoms with E-state index in [1.165, 1.54) is 66.2 Å². The smallest absolute Gasteiger partial charge is 0.0788 e. The second-order valence-electron chi connectivity index (χ2n) is 13.9. The molecule has 1 aliphatic carbocycles. The highest BCUT2D eigenvalue weighted by Crippen LogP contribution is 2.40. The molecule has 0 aliphatic heterocycles. The Bertz CT molecular complexity index is 3120. The largest absolute Gasteiger partial charge is 0.309 e. The lowest BCUT2D eigenvalue weighted by atomic mass is 9.96. The van der Waals surface area contributed by atoms with Gasteiger partial charge in [0.2, 0.25) is 0 Å². The van der Waals surface area contributed by atoms with Crippen molar-refractivity contribution in [2.45, 2.75) is 6.42 Å². The molecular formula is C50H33N3. The van der Waals surface area contributed by atoms with Gasteiger partial charge in [-0.1, -0.05) is 115 Å². The van der Waals surface area contributed by atoms with Gasteiger partial charge in [0.05, 0.1) is 33.5 Å². The lowest BCUT2D eigenvalue weighted by Crippen LogP contribution is -1.96. The van der Waals surface area contributed by atoms with Crippen molar-refractivity contribution in [1.29, 1.82) is 0 Å². The predicted octanol–water partition coefficient (Wildman–Crippen LogP) is 13.2. The Morgan fingerprint density at radius 3 is 1.75 bits per heavy atom. The molecule has 0 fully saturated rings. The third kappa shape index (κ3) is 4.64. The first-order valence-corrected chi connectivity index (χ1v) is 18.3. The summed E-state index contributed by atoms with van der Waals surface area (Å²) in [5, 5.41) is 7.24. The fourth-order valence-electron chi connectivity index (χ4n) is 8.48. The molecule has 0 saturated carbocycles. The van der Waals surface area contributed by atoms with E-state index < -0.39 is 0 Å². The molecule has 11 rings (SSSR count). The van der Waals surface area contributed by atoms with Gasteiger partial charge in [-0.3, -0.25) is 0 Å². The third-order valence-electron chi connectivity index (χ3n) is 10.9. The first-order chi connectivity index (χ1) is 26.3. The number of rotatable bonds is 4. The van der Waals surface area contributed by atoms with Gasteiger partial charge < -0.3 is 9.13 Å². The minimum Gasteiger partial charge on any atom is -0.309 e. The summed E-state index contributed by atoms with van der Waals surface area (Å²) in [6, 6.07) is 59.2. The molecule has 10 aromatic rings. The molecule has 0 bridgehead atoms. The number of benzene rings is 7. The van der Waals surface area contributed by atoms with E-state index in [-0.39, 0.29) is 0 Å². The molecule has 53 heavy (non-hydrogen) atoms. The number of fused-ring (bicyclic) bond motifs is 9. The average Bonchev–Trinajstić information content (AvgIpc) is 3.60. The number of hydrogen-bond donors (Lipinski definition) is 0. The Morgan fingerprint density at radius 1 is 0.396 bits per heavy atom. The van der Waals surface area contributed by atoms with Crippen LogP contribution in [0.25, 0.3) is 100 Å². The van der Waals surface area contributed by atoms with Crippen LogP contribution in [0.2, 0.25) is 0 Å². The van der Waals surface area contributed by atoms with Gasteiger partial charge in [-0.25, -0.2) is 4.98 Å². The lowest BCUT2D eigenvalue weighted by Gasteiger charge is -2.13. The van der Waals surface area contributed by atoms with Gasteiger partial charge in [-0.15, -0.1) is 0 Å². The van der Waals surface area contributed by atoms with Crippen molar-refractivity contribution in [2.24, 2.45) is 0 Å². The van der Waals surface area contributed by atoms with Gasteiger partial charge in [-0.2, -0.15) is 0 Å². The first kappa shape index (κ1) is 29.7.